The average Bonchev–Trinajstić information content (AvgIpc) is 3.37. The highest BCUT2D eigenvalue weighted by Gasteiger charge is 2.49. The molecule has 1 saturated heterocycles. The molecule has 1 fully saturated rings. The molecule has 154 valence electrons. The predicted octanol–water partition coefficient (Wildman–Crippen LogP) is 4.39. The topological polar surface area (TPSA) is 65.0 Å². The largest absolute Gasteiger partial charge is 0.465 e. The van der Waals surface area contributed by atoms with Crippen LogP contribution in [0.3, 0.4) is 0 Å². The lowest BCUT2D eigenvalue weighted by molar-refractivity contribution is -0.141. The number of hydrogen-bond acceptors (Lipinski definition) is 5. The lowest BCUT2D eigenvalue weighted by Crippen LogP contribution is -2.30. The molecular weight excluding hydrogens is 368 g/mol. The zero-order chi connectivity index (χ0) is 21.0. The molecule has 0 saturated carbocycles. The van der Waals surface area contributed by atoms with Crippen molar-refractivity contribution in [1.82, 2.24) is 0 Å². The second-order valence-corrected chi connectivity index (χ2v) is 6.78. The molecule has 0 radical (unpaired) electrons. The van der Waals surface area contributed by atoms with E-state index in [1.54, 1.807) is 6.92 Å². The van der Waals surface area contributed by atoms with Crippen LogP contribution >= 0.6 is 0 Å². The van der Waals surface area contributed by atoms with Gasteiger partial charge in [-0.25, -0.2) is 0 Å². The molecule has 0 spiro atoms. The van der Waals surface area contributed by atoms with Gasteiger partial charge in [0.2, 0.25) is 6.79 Å². The first-order valence-corrected chi connectivity index (χ1v) is 10.1. The van der Waals surface area contributed by atoms with Gasteiger partial charge in [-0.2, -0.15) is 0 Å². The van der Waals surface area contributed by atoms with Gasteiger partial charge >= 0.3 is 5.97 Å². The molecule has 2 aromatic rings. The Bertz CT molecular complexity index is 874. The number of aliphatic hydroxyl groups excluding tert-OH is 1. The maximum absolute atomic E-state index is 12.5. The molecular formula is C24H28O5. The van der Waals surface area contributed by atoms with Crippen molar-refractivity contribution in [2.24, 2.45) is 11.8 Å². The Morgan fingerprint density at radius 2 is 1.69 bits per heavy atom. The van der Waals surface area contributed by atoms with Crippen LogP contribution in [0.2, 0.25) is 0 Å². The summed E-state index contributed by atoms with van der Waals surface area (Å²) in [6.45, 7) is 10.8. The van der Waals surface area contributed by atoms with Gasteiger partial charge in [0.05, 0.1) is 12.5 Å². The van der Waals surface area contributed by atoms with Crippen molar-refractivity contribution in [1.29, 1.82) is 0 Å². The average molecular weight is 396 g/mol. The zero-order valence-electron chi connectivity index (χ0n) is 17.2. The molecule has 1 aliphatic carbocycles. The van der Waals surface area contributed by atoms with E-state index < -0.39 is 0 Å². The fourth-order valence-electron chi connectivity index (χ4n) is 4.16. The van der Waals surface area contributed by atoms with Crippen molar-refractivity contribution in [3.05, 3.63) is 65.7 Å². The minimum atomic E-state index is -0.229. The van der Waals surface area contributed by atoms with E-state index in [4.69, 9.17) is 19.3 Å². The highest BCUT2D eigenvalue weighted by molar-refractivity contribution is 5.86. The van der Waals surface area contributed by atoms with Crippen molar-refractivity contribution >= 4 is 11.5 Å². The summed E-state index contributed by atoms with van der Waals surface area (Å²) in [5, 5.41) is 7.57. The highest BCUT2D eigenvalue weighted by atomic mass is 16.7. The first-order valence-electron chi connectivity index (χ1n) is 10.1. The van der Waals surface area contributed by atoms with Gasteiger partial charge in [-0.15, -0.1) is 0 Å². The van der Waals surface area contributed by atoms with Crippen LogP contribution in [0, 0.1) is 11.8 Å². The van der Waals surface area contributed by atoms with Gasteiger partial charge in [-0.3, -0.25) is 4.79 Å². The quantitative estimate of drug-likeness (QED) is 0.725. The number of aliphatic hydroxyl groups is 1. The van der Waals surface area contributed by atoms with Gasteiger partial charge in [0.1, 0.15) is 0 Å². The molecule has 1 N–H and O–H groups in total. The van der Waals surface area contributed by atoms with Gasteiger partial charge in [-0.05, 0) is 41.3 Å². The summed E-state index contributed by atoms with van der Waals surface area (Å²) < 4.78 is 16.5. The summed E-state index contributed by atoms with van der Waals surface area (Å²) in [6.07, 6.45) is 0. The fourth-order valence-corrected chi connectivity index (χ4v) is 4.16. The molecule has 2 aromatic carbocycles. The van der Waals surface area contributed by atoms with Crippen molar-refractivity contribution in [3.8, 4) is 11.5 Å². The van der Waals surface area contributed by atoms with Crippen LogP contribution in [-0.4, -0.2) is 31.1 Å². The number of rotatable bonds is 1. The van der Waals surface area contributed by atoms with Gasteiger partial charge in [0.25, 0.3) is 0 Å². The molecule has 1 unspecified atom stereocenters. The number of fused-ring (bicyclic) bond motifs is 3. The Morgan fingerprint density at radius 1 is 1.07 bits per heavy atom. The minimum absolute atomic E-state index is 0.00979. The van der Waals surface area contributed by atoms with E-state index in [9.17, 15) is 4.79 Å². The monoisotopic (exact) mass is 396 g/mol. The standard InChI is InChI=1S/C20H16O4.C2H6O.C2H6/c1-11-13-7-16-17(24-10-23-16)8-14(13)18(12-5-3-2-4-6-12)19-15(11)9-22-20(19)21;1-2-3;1-2/h2-8,15,18-19H,1,9-10H2;3H,2H2,1H3;1-2H3/t15-,18?,19-;;/m1../s1. The molecule has 5 nitrogen and oxygen atoms in total. The normalized spacial score (nSPS) is 23.0. The van der Waals surface area contributed by atoms with Crippen molar-refractivity contribution < 1.29 is 24.1 Å². The molecule has 0 amide bonds. The second kappa shape index (κ2) is 9.14. The van der Waals surface area contributed by atoms with Gasteiger partial charge in [0, 0.05) is 18.4 Å². The van der Waals surface area contributed by atoms with E-state index in [-0.39, 0.29) is 37.1 Å². The van der Waals surface area contributed by atoms with E-state index in [0.29, 0.717) is 6.61 Å². The van der Waals surface area contributed by atoms with Crippen LogP contribution in [-0.2, 0) is 9.53 Å². The van der Waals surface area contributed by atoms with E-state index in [1.807, 2.05) is 44.2 Å². The number of carbonyl (C=O) groups is 1. The molecule has 0 aromatic heterocycles. The molecule has 2 aliphatic heterocycles. The van der Waals surface area contributed by atoms with Crippen LogP contribution in [0.4, 0.5) is 0 Å². The summed E-state index contributed by atoms with van der Waals surface area (Å²) >= 11 is 0. The third-order valence-corrected chi connectivity index (χ3v) is 5.30. The van der Waals surface area contributed by atoms with Crippen molar-refractivity contribution in [2.75, 3.05) is 20.0 Å². The summed E-state index contributed by atoms with van der Waals surface area (Å²) in [5.74, 6) is 1.06. The van der Waals surface area contributed by atoms with E-state index in [2.05, 4.69) is 18.7 Å². The zero-order valence-corrected chi connectivity index (χ0v) is 17.2. The summed E-state index contributed by atoms with van der Waals surface area (Å²) in [6, 6.07) is 14.1. The molecule has 3 aliphatic rings. The van der Waals surface area contributed by atoms with Crippen LogP contribution < -0.4 is 9.47 Å². The Kier molecular flexibility index (Phi) is 6.60. The lowest BCUT2D eigenvalue weighted by Gasteiger charge is -2.35. The third-order valence-electron chi connectivity index (χ3n) is 5.30. The number of ether oxygens (including phenoxy) is 3. The summed E-state index contributed by atoms with van der Waals surface area (Å²) in [5.41, 5.74) is 4.17. The third kappa shape index (κ3) is 3.75. The Labute approximate surface area is 171 Å². The minimum Gasteiger partial charge on any atom is -0.465 e. The molecule has 5 rings (SSSR count). The molecule has 3 atom stereocenters. The number of hydrogen-bond donors (Lipinski definition) is 1. The van der Waals surface area contributed by atoms with Crippen molar-refractivity contribution in [3.63, 3.8) is 0 Å². The van der Waals surface area contributed by atoms with Gasteiger partial charge in [-0.1, -0.05) is 50.8 Å². The number of carbonyl (C=O) groups excluding carboxylic acids is 1. The summed E-state index contributed by atoms with van der Waals surface area (Å²) in [4.78, 5) is 12.5. The predicted molar refractivity (Wildman–Crippen MR) is 112 cm³/mol. The number of cyclic esters (lactones) is 1. The Morgan fingerprint density at radius 3 is 2.34 bits per heavy atom. The first-order chi connectivity index (χ1) is 14.2. The lowest BCUT2D eigenvalue weighted by atomic mass is 9.66. The van der Waals surface area contributed by atoms with Crippen LogP contribution in [0.1, 0.15) is 43.4 Å². The maximum Gasteiger partial charge on any atom is 0.310 e. The van der Waals surface area contributed by atoms with Crippen molar-refractivity contribution in [2.45, 2.75) is 26.7 Å². The molecule has 29 heavy (non-hydrogen) atoms. The first kappa shape index (κ1) is 20.9. The van der Waals surface area contributed by atoms with Gasteiger partial charge in [0.15, 0.2) is 11.5 Å². The molecule has 2 heterocycles. The smallest absolute Gasteiger partial charge is 0.310 e. The van der Waals surface area contributed by atoms with Crippen LogP contribution in [0.15, 0.2) is 49.0 Å². The van der Waals surface area contributed by atoms with Gasteiger partial charge < -0.3 is 19.3 Å². The van der Waals surface area contributed by atoms with Crippen LogP contribution in [0.25, 0.3) is 5.57 Å². The van der Waals surface area contributed by atoms with Crippen LogP contribution in [0.5, 0.6) is 11.5 Å². The number of esters is 1. The Hall–Kier alpha value is -2.79. The SMILES string of the molecule is C=C1c2cc3c(cc2C(c2ccccc2)[C@@H]2C(=O)OC[C@H]12)OCO3.CC.CCO. The summed E-state index contributed by atoms with van der Waals surface area (Å²) in [7, 11) is 0. The van der Waals surface area contributed by atoms with E-state index in [0.717, 1.165) is 33.8 Å². The number of benzene rings is 2. The van der Waals surface area contributed by atoms with E-state index in [1.165, 1.54) is 0 Å². The molecule has 0 bridgehead atoms. The maximum atomic E-state index is 12.5. The fraction of sp³-hybridized carbons (Fsp3) is 0.375. The highest BCUT2D eigenvalue weighted by Crippen LogP contribution is 2.53. The molecule has 5 heteroatoms. The van der Waals surface area contributed by atoms with E-state index >= 15 is 0 Å². The second-order valence-electron chi connectivity index (χ2n) is 6.78. The Balaban J connectivity index is 0.000000443.